The van der Waals surface area contributed by atoms with Gasteiger partial charge in [-0.05, 0) is 18.6 Å². The van der Waals surface area contributed by atoms with Gasteiger partial charge in [0.25, 0.3) is 0 Å². The van der Waals surface area contributed by atoms with Crippen LogP contribution in [-0.2, 0) is 24.4 Å². The average molecular weight is 318 g/mol. The van der Waals surface area contributed by atoms with Gasteiger partial charge >= 0.3 is 12.1 Å². The first-order chi connectivity index (χ1) is 11.0. The van der Waals surface area contributed by atoms with E-state index in [1.807, 2.05) is 25.1 Å². The summed E-state index contributed by atoms with van der Waals surface area (Å²) in [4.78, 5) is 26.0. The second kappa shape index (κ2) is 5.19. The number of fused-ring (bicyclic) bond motifs is 3. The van der Waals surface area contributed by atoms with E-state index in [2.05, 4.69) is 5.32 Å². The zero-order chi connectivity index (χ0) is 16.8. The number of esters is 1. The number of hydrogen-bond donors (Lipinski definition) is 1. The zero-order valence-corrected chi connectivity index (χ0v) is 13.4. The fourth-order valence-corrected chi connectivity index (χ4v) is 3.36. The molecule has 7 heteroatoms. The molecule has 2 heterocycles. The molecule has 0 bridgehead atoms. The summed E-state index contributed by atoms with van der Waals surface area (Å²) in [5, 5.41) is 2.87. The Labute approximate surface area is 133 Å². The first kappa shape index (κ1) is 15.2. The highest BCUT2D eigenvalue weighted by Crippen LogP contribution is 2.54. The Balaban J connectivity index is 2.24. The maximum atomic E-state index is 12.4. The number of benzene rings is 1. The number of para-hydroxylation sites is 1. The molecule has 0 aliphatic carbocycles. The number of nitrogens with zero attached hydrogens (tertiary/aromatic N) is 1. The standard InChI is InChI=1S/C16H18N2O5/c1-16-9-7-5-6-8-10(9)18(15(20)22-4)14(16)23-12(17-2)11(16)13(19)21-3/h5-8,14,17H,1-4H3. The van der Waals surface area contributed by atoms with Crippen LogP contribution in [0.4, 0.5) is 10.5 Å². The van der Waals surface area contributed by atoms with Crippen LogP contribution in [-0.4, -0.2) is 39.6 Å². The Morgan fingerprint density at radius 2 is 1.96 bits per heavy atom. The highest BCUT2D eigenvalue weighted by Gasteiger charge is 2.61. The van der Waals surface area contributed by atoms with Crippen LogP contribution < -0.4 is 10.2 Å². The monoisotopic (exact) mass is 318 g/mol. The van der Waals surface area contributed by atoms with Crippen LogP contribution in [0.15, 0.2) is 35.7 Å². The van der Waals surface area contributed by atoms with Crippen molar-refractivity contribution in [3.63, 3.8) is 0 Å². The van der Waals surface area contributed by atoms with Crippen LogP contribution in [0.25, 0.3) is 0 Å². The molecule has 1 aromatic carbocycles. The SMILES string of the molecule is CNC1=C(C(=O)OC)C2(C)c3ccccc3N(C(=O)OC)C2O1. The number of nitrogens with one attached hydrogen (secondary N) is 1. The molecule has 3 rings (SSSR count). The van der Waals surface area contributed by atoms with Crippen molar-refractivity contribution in [2.24, 2.45) is 0 Å². The molecule has 2 aliphatic rings. The van der Waals surface area contributed by atoms with E-state index in [1.54, 1.807) is 13.1 Å². The second-order valence-corrected chi connectivity index (χ2v) is 5.48. The Morgan fingerprint density at radius 3 is 2.57 bits per heavy atom. The van der Waals surface area contributed by atoms with E-state index in [4.69, 9.17) is 14.2 Å². The van der Waals surface area contributed by atoms with Crippen molar-refractivity contribution in [3.05, 3.63) is 41.3 Å². The van der Waals surface area contributed by atoms with Gasteiger partial charge in [-0.1, -0.05) is 18.2 Å². The molecule has 0 radical (unpaired) electrons. The predicted octanol–water partition coefficient (Wildman–Crippen LogP) is 1.49. The lowest BCUT2D eigenvalue weighted by atomic mass is 9.77. The van der Waals surface area contributed by atoms with E-state index in [0.29, 0.717) is 17.1 Å². The largest absolute Gasteiger partial charge is 0.465 e. The smallest absolute Gasteiger partial charge is 0.417 e. The summed E-state index contributed by atoms with van der Waals surface area (Å²) in [6.07, 6.45) is -1.27. The summed E-state index contributed by atoms with van der Waals surface area (Å²) in [5.41, 5.74) is 0.965. The van der Waals surface area contributed by atoms with Gasteiger partial charge in [-0.2, -0.15) is 0 Å². The van der Waals surface area contributed by atoms with Gasteiger partial charge in [0.05, 0.1) is 25.3 Å². The summed E-state index contributed by atoms with van der Waals surface area (Å²) in [6.45, 7) is 1.86. The lowest BCUT2D eigenvalue weighted by Gasteiger charge is -2.28. The van der Waals surface area contributed by atoms with E-state index in [1.165, 1.54) is 19.1 Å². The molecule has 2 aliphatic heterocycles. The molecular weight excluding hydrogens is 300 g/mol. The Morgan fingerprint density at radius 1 is 1.26 bits per heavy atom. The van der Waals surface area contributed by atoms with Gasteiger partial charge in [0.2, 0.25) is 5.88 Å². The lowest BCUT2D eigenvalue weighted by molar-refractivity contribution is -0.136. The van der Waals surface area contributed by atoms with Gasteiger partial charge in [0.1, 0.15) is 5.57 Å². The third-order valence-corrected chi connectivity index (χ3v) is 4.42. The minimum absolute atomic E-state index is 0.299. The molecule has 2 unspecified atom stereocenters. The second-order valence-electron chi connectivity index (χ2n) is 5.48. The lowest BCUT2D eigenvalue weighted by Crippen LogP contribution is -2.46. The number of carbonyl (C=O) groups excluding carboxylic acids is 2. The quantitative estimate of drug-likeness (QED) is 0.833. The van der Waals surface area contributed by atoms with Crippen LogP contribution >= 0.6 is 0 Å². The molecule has 0 aromatic heterocycles. The molecule has 1 aromatic rings. The Kier molecular flexibility index (Phi) is 3.43. The number of ether oxygens (including phenoxy) is 3. The van der Waals surface area contributed by atoms with Crippen LogP contribution in [0, 0.1) is 0 Å². The molecule has 0 spiro atoms. The first-order valence-corrected chi connectivity index (χ1v) is 7.14. The van der Waals surface area contributed by atoms with E-state index in [-0.39, 0.29) is 0 Å². The fraction of sp³-hybridized carbons (Fsp3) is 0.375. The average Bonchev–Trinajstić information content (AvgIpc) is 3.00. The van der Waals surface area contributed by atoms with Crippen LogP contribution in [0.1, 0.15) is 12.5 Å². The van der Waals surface area contributed by atoms with Crippen molar-refractivity contribution < 1.29 is 23.8 Å². The molecular formula is C16H18N2O5. The molecule has 1 N–H and O–H groups in total. The molecule has 23 heavy (non-hydrogen) atoms. The van der Waals surface area contributed by atoms with Crippen molar-refractivity contribution in [2.75, 3.05) is 26.2 Å². The summed E-state index contributed by atoms with van der Waals surface area (Å²) in [6, 6.07) is 7.34. The Bertz CT molecular complexity index is 714. The maximum absolute atomic E-state index is 12.4. The van der Waals surface area contributed by atoms with E-state index >= 15 is 0 Å². The van der Waals surface area contributed by atoms with Crippen molar-refractivity contribution in [1.82, 2.24) is 5.32 Å². The van der Waals surface area contributed by atoms with Gasteiger partial charge in [0.15, 0.2) is 6.23 Å². The third kappa shape index (κ3) is 1.82. The topological polar surface area (TPSA) is 77.1 Å². The zero-order valence-electron chi connectivity index (χ0n) is 13.4. The van der Waals surface area contributed by atoms with Crippen molar-refractivity contribution in [1.29, 1.82) is 0 Å². The number of methoxy groups -OCH3 is 2. The number of anilines is 1. The highest BCUT2D eigenvalue weighted by molar-refractivity contribution is 5.99. The number of amides is 1. The number of rotatable bonds is 2. The van der Waals surface area contributed by atoms with E-state index in [9.17, 15) is 9.59 Å². The first-order valence-electron chi connectivity index (χ1n) is 7.14. The van der Waals surface area contributed by atoms with Gasteiger partial charge in [-0.3, -0.25) is 0 Å². The molecule has 122 valence electrons. The molecule has 1 amide bonds. The van der Waals surface area contributed by atoms with Crippen LogP contribution in [0.5, 0.6) is 0 Å². The van der Waals surface area contributed by atoms with Gasteiger partial charge in [0, 0.05) is 7.05 Å². The van der Waals surface area contributed by atoms with Crippen molar-refractivity contribution >= 4 is 17.7 Å². The van der Waals surface area contributed by atoms with Gasteiger partial charge < -0.3 is 19.5 Å². The predicted molar refractivity (Wildman–Crippen MR) is 81.7 cm³/mol. The Hall–Kier alpha value is -2.70. The highest BCUT2D eigenvalue weighted by atomic mass is 16.6. The van der Waals surface area contributed by atoms with Crippen LogP contribution in [0.3, 0.4) is 0 Å². The summed E-state index contributed by atoms with van der Waals surface area (Å²) in [7, 11) is 4.28. The van der Waals surface area contributed by atoms with Crippen molar-refractivity contribution in [3.8, 4) is 0 Å². The van der Waals surface area contributed by atoms with Crippen molar-refractivity contribution in [2.45, 2.75) is 18.6 Å². The minimum Gasteiger partial charge on any atom is -0.465 e. The molecule has 7 nitrogen and oxygen atoms in total. The normalized spacial score (nSPS) is 24.7. The summed E-state index contributed by atoms with van der Waals surface area (Å²) in [5.74, 6) is -0.200. The molecule has 2 atom stereocenters. The van der Waals surface area contributed by atoms with Crippen LogP contribution in [0.2, 0.25) is 0 Å². The minimum atomic E-state index is -0.851. The van der Waals surface area contributed by atoms with Gasteiger partial charge in [-0.15, -0.1) is 0 Å². The third-order valence-electron chi connectivity index (χ3n) is 4.42. The summed E-state index contributed by atoms with van der Waals surface area (Å²) < 4.78 is 15.7. The van der Waals surface area contributed by atoms with Gasteiger partial charge in [-0.25, -0.2) is 14.5 Å². The van der Waals surface area contributed by atoms with E-state index in [0.717, 1.165) is 5.56 Å². The number of carbonyl (C=O) groups is 2. The fourth-order valence-electron chi connectivity index (χ4n) is 3.36. The molecule has 0 saturated carbocycles. The molecule has 0 fully saturated rings. The number of hydrogen-bond acceptors (Lipinski definition) is 6. The molecule has 0 saturated heterocycles. The summed E-state index contributed by atoms with van der Waals surface area (Å²) >= 11 is 0. The van der Waals surface area contributed by atoms with E-state index < -0.39 is 23.7 Å². The maximum Gasteiger partial charge on any atom is 0.417 e.